The van der Waals surface area contributed by atoms with Gasteiger partial charge in [0, 0.05) is 26.2 Å². The Kier molecular flexibility index (Phi) is 5.94. The van der Waals surface area contributed by atoms with E-state index in [0.717, 1.165) is 16.0 Å². The fourth-order valence-electron chi connectivity index (χ4n) is 3.86. The maximum absolute atomic E-state index is 12.7. The molecule has 0 N–H and O–H groups in total. The number of hydrogen-bond donors (Lipinski definition) is 0. The highest BCUT2D eigenvalue weighted by Crippen LogP contribution is 2.22. The number of hydrogen-bond acceptors (Lipinski definition) is 5. The molecule has 0 atom stereocenters. The van der Waals surface area contributed by atoms with Gasteiger partial charge in [0.15, 0.2) is 6.61 Å². The molecular formula is C24H25N3O5. The smallest absolute Gasteiger partial charge is 0.262 e. The molecule has 8 nitrogen and oxygen atoms in total. The lowest BCUT2D eigenvalue weighted by molar-refractivity contribution is -0.140. The van der Waals surface area contributed by atoms with Crippen LogP contribution in [0.1, 0.15) is 31.8 Å². The van der Waals surface area contributed by atoms with Gasteiger partial charge >= 0.3 is 0 Å². The monoisotopic (exact) mass is 435 g/mol. The number of amides is 4. The van der Waals surface area contributed by atoms with Crippen molar-refractivity contribution in [1.82, 2.24) is 14.7 Å². The van der Waals surface area contributed by atoms with E-state index < -0.39 is 11.8 Å². The molecule has 2 heterocycles. The zero-order valence-corrected chi connectivity index (χ0v) is 18.2. The summed E-state index contributed by atoms with van der Waals surface area (Å²) in [6.07, 6.45) is 0. The number of benzene rings is 2. The molecular weight excluding hydrogens is 410 g/mol. The fraction of sp³-hybridized carbons (Fsp3) is 0.333. The highest BCUT2D eigenvalue weighted by Gasteiger charge is 2.37. The van der Waals surface area contributed by atoms with Crippen LogP contribution in [0.5, 0.6) is 5.75 Å². The molecule has 8 heteroatoms. The molecule has 166 valence electrons. The van der Waals surface area contributed by atoms with Crippen LogP contribution < -0.4 is 4.74 Å². The third-order valence-electron chi connectivity index (χ3n) is 6.00. The largest absolute Gasteiger partial charge is 0.484 e. The molecule has 2 aromatic rings. The van der Waals surface area contributed by atoms with Crippen molar-refractivity contribution in [3.63, 3.8) is 0 Å². The predicted molar refractivity (Wildman–Crippen MR) is 116 cm³/mol. The molecule has 0 radical (unpaired) electrons. The summed E-state index contributed by atoms with van der Waals surface area (Å²) >= 11 is 0. The first-order valence-corrected chi connectivity index (χ1v) is 10.6. The number of ether oxygens (including phenoxy) is 1. The topological polar surface area (TPSA) is 87.2 Å². The Labute approximate surface area is 186 Å². The Morgan fingerprint density at radius 3 is 1.94 bits per heavy atom. The molecule has 0 aliphatic carbocycles. The van der Waals surface area contributed by atoms with Gasteiger partial charge < -0.3 is 14.5 Å². The van der Waals surface area contributed by atoms with Crippen molar-refractivity contribution in [1.29, 1.82) is 0 Å². The normalized spacial score (nSPS) is 15.8. The van der Waals surface area contributed by atoms with Crippen LogP contribution in [0.2, 0.25) is 0 Å². The fourth-order valence-corrected chi connectivity index (χ4v) is 3.86. The first-order chi connectivity index (χ1) is 15.3. The van der Waals surface area contributed by atoms with Crippen LogP contribution in [0.25, 0.3) is 0 Å². The lowest BCUT2D eigenvalue weighted by Gasteiger charge is -2.35. The standard InChI is InChI=1S/C24H25N3O5/c1-16-7-8-18(13-17(16)2)32-15-22(29)26-11-9-25(10-12-26)21(28)14-27-23(30)19-5-3-4-6-20(19)24(27)31/h3-8,13H,9-12,14-15H2,1-2H3. The molecule has 1 fully saturated rings. The molecule has 32 heavy (non-hydrogen) atoms. The molecule has 2 aliphatic rings. The number of piperazine rings is 1. The molecule has 0 saturated carbocycles. The SMILES string of the molecule is Cc1ccc(OCC(=O)N2CCN(C(=O)CN3C(=O)c4ccccc4C3=O)CC2)cc1C. The molecule has 0 spiro atoms. The van der Waals surface area contributed by atoms with E-state index in [1.807, 2.05) is 32.0 Å². The number of carbonyl (C=O) groups is 4. The predicted octanol–water partition coefficient (Wildman–Crippen LogP) is 1.65. The Hall–Kier alpha value is -3.68. The van der Waals surface area contributed by atoms with E-state index in [-0.39, 0.29) is 25.0 Å². The number of aryl methyl sites for hydroxylation is 2. The van der Waals surface area contributed by atoms with E-state index >= 15 is 0 Å². The third-order valence-corrected chi connectivity index (χ3v) is 6.00. The molecule has 4 rings (SSSR count). The van der Waals surface area contributed by atoms with Gasteiger partial charge in [-0.3, -0.25) is 24.1 Å². The van der Waals surface area contributed by atoms with Gasteiger partial charge in [-0.05, 0) is 49.2 Å². The van der Waals surface area contributed by atoms with Crippen LogP contribution in [0, 0.1) is 13.8 Å². The van der Waals surface area contributed by atoms with Gasteiger partial charge in [0.2, 0.25) is 5.91 Å². The van der Waals surface area contributed by atoms with Crippen molar-refractivity contribution in [2.24, 2.45) is 0 Å². The van der Waals surface area contributed by atoms with Crippen LogP contribution in [0.3, 0.4) is 0 Å². The lowest BCUT2D eigenvalue weighted by Crippen LogP contribution is -2.53. The molecule has 0 unspecified atom stereocenters. The van der Waals surface area contributed by atoms with Gasteiger partial charge in [0.05, 0.1) is 11.1 Å². The second-order valence-electron chi connectivity index (χ2n) is 8.04. The zero-order chi connectivity index (χ0) is 22.8. The maximum atomic E-state index is 12.7. The first kappa shape index (κ1) is 21.5. The highest BCUT2D eigenvalue weighted by molar-refractivity contribution is 6.22. The highest BCUT2D eigenvalue weighted by atomic mass is 16.5. The second kappa shape index (κ2) is 8.82. The number of nitrogens with zero attached hydrogens (tertiary/aromatic N) is 3. The van der Waals surface area contributed by atoms with Crippen LogP contribution in [-0.2, 0) is 9.59 Å². The van der Waals surface area contributed by atoms with Crippen LogP contribution in [-0.4, -0.2) is 77.7 Å². The average molecular weight is 435 g/mol. The maximum Gasteiger partial charge on any atom is 0.262 e. The van der Waals surface area contributed by atoms with Crippen molar-refractivity contribution in [2.75, 3.05) is 39.3 Å². The quantitative estimate of drug-likeness (QED) is 0.667. The van der Waals surface area contributed by atoms with E-state index in [9.17, 15) is 19.2 Å². The minimum atomic E-state index is -0.448. The van der Waals surface area contributed by atoms with E-state index in [1.165, 1.54) is 0 Å². The van der Waals surface area contributed by atoms with E-state index in [1.54, 1.807) is 34.1 Å². The Morgan fingerprint density at radius 2 is 1.38 bits per heavy atom. The van der Waals surface area contributed by atoms with Crippen LogP contribution in [0.15, 0.2) is 42.5 Å². The second-order valence-corrected chi connectivity index (χ2v) is 8.04. The summed E-state index contributed by atoms with van der Waals surface area (Å²) in [5.41, 5.74) is 2.90. The number of fused-ring (bicyclic) bond motifs is 1. The van der Waals surface area contributed by atoms with Crippen LogP contribution in [0.4, 0.5) is 0 Å². The van der Waals surface area contributed by atoms with Gasteiger partial charge in [-0.15, -0.1) is 0 Å². The first-order valence-electron chi connectivity index (χ1n) is 10.6. The van der Waals surface area contributed by atoms with Crippen molar-refractivity contribution < 1.29 is 23.9 Å². The summed E-state index contributed by atoms with van der Waals surface area (Å²) < 4.78 is 5.62. The average Bonchev–Trinajstić information content (AvgIpc) is 3.04. The van der Waals surface area contributed by atoms with Gasteiger partial charge in [-0.2, -0.15) is 0 Å². The molecule has 1 saturated heterocycles. The van der Waals surface area contributed by atoms with Crippen LogP contribution >= 0.6 is 0 Å². The molecule has 0 bridgehead atoms. The van der Waals surface area contributed by atoms with Crippen molar-refractivity contribution in [3.8, 4) is 5.75 Å². The van der Waals surface area contributed by atoms with Gasteiger partial charge in [-0.25, -0.2) is 0 Å². The summed E-state index contributed by atoms with van der Waals surface area (Å²) in [5, 5.41) is 0. The van der Waals surface area contributed by atoms with Crippen molar-refractivity contribution in [3.05, 3.63) is 64.7 Å². The summed E-state index contributed by atoms with van der Waals surface area (Å²) in [6, 6.07) is 12.2. The third kappa shape index (κ3) is 4.21. The Morgan fingerprint density at radius 1 is 0.812 bits per heavy atom. The summed E-state index contributed by atoms with van der Waals surface area (Å²) in [6.45, 7) is 5.09. The molecule has 2 aromatic carbocycles. The number of carbonyl (C=O) groups excluding carboxylic acids is 4. The van der Waals surface area contributed by atoms with Gasteiger partial charge in [0.1, 0.15) is 12.3 Å². The van der Waals surface area contributed by atoms with Gasteiger partial charge in [-0.1, -0.05) is 18.2 Å². The minimum absolute atomic E-state index is 0.0640. The van der Waals surface area contributed by atoms with Gasteiger partial charge in [0.25, 0.3) is 17.7 Å². The Bertz CT molecular complexity index is 1050. The summed E-state index contributed by atoms with van der Waals surface area (Å²) in [5.74, 6) is -0.697. The minimum Gasteiger partial charge on any atom is -0.484 e. The van der Waals surface area contributed by atoms with E-state index in [2.05, 4.69) is 0 Å². The Balaban J connectivity index is 1.27. The zero-order valence-electron chi connectivity index (χ0n) is 18.2. The molecule has 4 amide bonds. The molecule has 0 aromatic heterocycles. The lowest BCUT2D eigenvalue weighted by atomic mass is 10.1. The van der Waals surface area contributed by atoms with E-state index in [4.69, 9.17) is 4.74 Å². The molecule has 2 aliphatic heterocycles. The summed E-state index contributed by atoms with van der Waals surface area (Å²) in [7, 11) is 0. The number of imide groups is 1. The van der Waals surface area contributed by atoms with Crippen molar-refractivity contribution in [2.45, 2.75) is 13.8 Å². The van der Waals surface area contributed by atoms with E-state index in [0.29, 0.717) is 43.1 Å². The number of rotatable bonds is 5. The summed E-state index contributed by atoms with van der Waals surface area (Å²) in [4.78, 5) is 54.3. The van der Waals surface area contributed by atoms with Crippen molar-refractivity contribution >= 4 is 23.6 Å².